The molecule has 1 saturated heterocycles. The van der Waals surface area contributed by atoms with Crippen molar-refractivity contribution in [2.24, 2.45) is 4.99 Å². The smallest absolute Gasteiger partial charge is 0.380 e. The monoisotopic (exact) mass is 574 g/mol. The van der Waals surface area contributed by atoms with E-state index in [-0.39, 0.29) is 39.9 Å². The molecule has 2 aliphatic rings. The highest BCUT2D eigenvalue weighted by atomic mass is 35.5. The van der Waals surface area contributed by atoms with Crippen molar-refractivity contribution in [3.05, 3.63) is 68.6 Å². The Hall–Kier alpha value is -3.33. The lowest BCUT2D eigenvalue weighted by atomic mass is 10.0. The molecule has 2 aromatic rings. The Morgan fingerprint density at radius 2 is 2.03 bits per heavy atom. The standard InChI is InChI=1S/C27H26ClF3N6OS/c1-26(2)15-37(9-8-36(26)3)25-35-24(38)23(39-25)11-16-4-7-22(19(10-16)21(33)13-32)34-14-17-5-6-18(28)12-20(17)27(29,30)31/h4-7,10-12,33-34H,8-9,14-15H2,1-3H3/b23-11-,33-21?. The van der Waals surface area contributed by atoms with Gasteiger partial charge in [0.2, 0.25) is 0 Å². The van der Waals surface area contributed by atoms with Gasteiger partial charge in [0.1, 0.15) is 11.8 Å². The molecule has 204 valence electrons. The maximum absolute atomic E-state index is 13.5. The maximum atomic E-state index is 13.5. The molecule has 0 unspecified atom stereocenters. The number of hydrogen-bond donors (Lipinski definition) is 2. The molecule has 7 nitrogen and oxygen atoms in total. The number of aliphatic imine (C=N–C) groups is 1. The average Bonchev–Trinajstić information content (AvgIpc) is 3.24. The van der Waals surface area contributed by atoms with Crippen molar-refractivity contribution in [1.29, 1.82) is 10.7 Å². The van der Waals surface area contributed by atoms with Crippen LogP contribution in [0.1, 0.15) is 36.1 Å². The van der Waals surface area contributed by atoms with E-state index in [9.17, 15) is 23.2 Å². The fourth-order valence-corrected chi connectivity index (χ4v) is 5.43. The largest absolute Gasteiger partial charge is 0.416 e. The van der Waals surface area contributed by atoms with Crippen molar-refractivity contribution in [3.8, 4) is 6.07 Å². The zero-order valence-electron chi connectivity index (χ0n) is 21.5. The molecule has 2 aliphatic heterocycles. The second-order valence-corrected chi connectivity index (χ2v) is 11.4. The third-order valence-electron chi connectivity index (χ3n) is 6.77. The molecule has 1 fully saturated rings. The molecule has 0 saturated carbocycles. The number of piperazine rings is 1. The number of carbonyl (C=O) groups excluding carboxylic acids is 1. The van der Waals surface area contributed by atoms with Gasteiger partial charge >= 0.3 is 6.18 Å². The first-order chi connectivity index (χ1) is 18.3. The minimum absolute atomic E-state index is 0.0294. The first kappa shape index (κ1) is 28.7. The summed E-state index contributed by atoms with van der Waals surface area (Å²) in [6.45, 7) is 6.38. The number of nitriles is 1. The number of benzene rings is 2. The number of likely N-dealkylation sites (N-methyl/N-ethyl adjacent to an activating group) is 1. The Morgan fingerprint density at radius 3 is 2.69 bits per heavy atom. The maximum Gasteiger partial charge on any atom is 0.416 e. The molecule has 1 amide bonds. The summed E-state index contributed by atoms with van der Waals surface area (Å²) < 4.78 is 40.4. The van der Waals surface area contributed by atoms with Crippen molar-refractivity contribution in [1.82, 2.24) is 9.80 Å². The molecule has 4 rings (SSSR count). The van der Waals surface area contributed by atoms with E-state index in [4.69, 9.17) is 17.0 Å². The normalized spacial score (nSPS) is 18.7. The Labute approximate surface area is 233 Å². The number of amides is 1. The zero-order chi connectivity index (χ0) is 28.5. The highest BCUT2D eigenvalue weighted by Crippen LogP contribution is 2.35. The van der Waals surface area contributed by atoms with Crippen LogP contribution in [0.4, 0.5) is 18.9 Å². The topological polar surface area (TPSA) is 95.6 Å². The van der Waals surface area contributed by atoms with E-state index in [2.05, 4.69) is 41.0 Å². The van der Waals surface area contributed by atoms with Crippen LogP contribution in [0.2, 0.25) is 5.02 Å². The highest BCUT2D eigenvalue weighted by Gasteiger charge is 2.36. The van der Waals surface area contributed by atoms with Gasteiger partial charge in [0, 0.05) is 48.0 Å². The second-order valence-electron chi connectivity index (χ2n) is 9.91. The van der Waals surface area contributed by atoms with E-state index in [0.29, 0.717) is 21.3 Å². The number of anilines is 1. The van der Waals surface area contributed by atoms with Crippen molar-refractivity contribution < 1.29 is 18.0 Å². The molecule has 39 heavy (non-hydrogen) atoms. The van der Waals surface area contributed by atoms with Crippen molar-refractivity contribution in [2.45, 2.75) is 32.1 Å². The van der Waals surface area contributed by atoms with Crippen LogP contribution in [-0.4, -0.2) is 58.8 Å². The van der Waals surface area contributed by atoms with Crippen LogP contribution in [0.5, 0.6) is 0 Å². The van der Waals surface area contributed by atoms with Crippen molar-refractivity contribution in [3.63, 3.8) is 0 Å². The Balaban J connectivity index is 1.55. The summed E-state index contributed by atoms with van der Waals surface area (Å²) in [5.74, 6) is -0.367. The Kier molecular flexibility index (Phi) is 8.12. The summed E-state index contributed by atoms with van der Waals surface area (Å²) >= 11 is 7.04. The third-order valence-corrected chi connectivity index (χ3v) is 8.04. The van der Waals surface area contributed by atoms with E-state index in [1.165, 1.54) is 23.9 Å². The minimum atomic E-state index is -4.59. The zero-order valence-corrected chi connectivity index (χ0v) is 23.1. The number of amidine groups is 1. The number of rotatable bonds is 5. The van der Waals surface area contributed by atoms with Crippen LogP contribution in [0.15, 0.2) is 46.3 Å². The average molecular weight is 575 g/mol. The molecule has 0 atom stereocenters. The van der Waals surface area contributed by atoms with Crippen molar-refractivity contribution >= 4 is 51.9 Å². The lowest BCUT2D eigenvalue weighted by molar-refractivity contribution is -0.138. The van der Waals surface area contributed by atoms with E-state index in [1.54, 1.807) is 30.3 Å². The SMILES string of the molecule is CN1CCN(C2=NC(=O)/C(=C/c3ccc(NCc4ccc(Cl)cc4C(F)(F)F)c(C(=N)C#N)c3)S2)CC1(C)C. The first-order valence-corrected chi connectivity index (χ1v) is 13.2. The molecular formula is C27H26ClF3N6OS. The number of hydrogen-bond acceptors (Lipinski definition) is 7. The van der Waals surface area contributed by atoms with Gasteiger partial charge < -0.3 is 10.2 Å². The number of nitrogens with zero attached hydrogens (tertiary/aromatic N) is 4. The Bertz CT molecular complexity index is 1430. The minimum Gasteiger partial charge on any atom is -0.380 e. The van der Waals surface area contributed by atoms with E-state index < -0.39 is 11.7 Å². The van der Waals surface area contributed by atoms with Crippen LogP contribution in [0.25, 0.3) is 6.08 Å². The summed E-state index contributed by atoms with van der Waals surface area (Å²) in [6.07, 6.45) is -2.95. The molecule has 2 aromatic carbocycles. The molecule has 0 spiro atoms. The second kappa shape index (κ2) is 11.0. The summed E-state index contributed by atoms with van der Waals surface area (Å²) in [5, 5.41) is 21.0. The van der Waals surface area contributed by atoms with Gasteiger partial charge in [0.15, 0.2) is 5.17 Å². The van der Waals surface area contributed by atoms with Gasteiger partial charge in [-0.3, -0.25) is 15.1 Å². The van der Waals surface area contributed by atoms with Crippen LogP contribution >= 0.6 is 23.4 Å². The van der Waals surface area contributed by atoms with Gasteiger partial charge in [-0.25, -0.2) is 0 Å². The predicted molar refractivity (Wildman–Crippen MR) is 149 cm³/mol. The lowest BCUT2D eigenvalue weighted by Gasteiger charge is -2.45. The first-order valence-electron chi connectivity index (χ1n) is 12.0. The number of carbonyl (C=O) groups is 1. The van der Waals surface area contributed by atoms with Gasteiger partial charge in [-0.2, -0.15) is 23.4 Å². The lowest BCUT2D eigenvalue weighted by Crippen LogP contribution is -2.58. The van der Waals surface area contributed by atoms with Gasteiger partial charge in [0.05, 0.1) is 10.5 Å². The highest BCUT2D eigenvalue weighted by molar-refractivity contribution is 8.18. The third kappa shape index (κ3) is 6.46. The van der Waals surface area contributed by atoms with E-state index in [1.807, 2.05) is 0 Å². The molecule has 0 radical (unpaired) electrons. The number of thioether (sulfide) groups is 1. The van der Waals surface area contributed by atoms with Crippen LogP contribution < -0.4 is 5.32 Å². The van der Waals surface area contributed by atoms with Gasteiger partial charge in [-0.15, -0.1) is 0 Å². The summed E-state index contributed by atoms with van der Waals surface area (Å²) in [6, 6.07) is 10.1. The summed E-state index contributed by atoms with van der Waals surface area (Å²) in [4.78, 5) is 21.7. The number of alkyl halides is 3. The molecule has 0 aromatic heterocycles. The van der Waals surface area contributed by atoms with E-state index >= 15 is 0 Å². The molecular weight excluding hydrogens is 549 g/mol. The van der Waals surface area contributed by atoms with Crippen LogP contribution in [-0.2, 0) is 17.5 Å². The number of halogens is 4. The predicted octanol–water partition coefficient (Wildman–Crippen LogP) is 5.86. The van der Waals surface area contributed by atoms with E-state index in [0.717, 1.165) is 25.7 Å². The number of nitrogens with one attached hydrogen (secondary N) is 2. The van der Waals surface area contributed by atoms with Crippen molar-refractivity contribution in [2.75, 3.05) is 32.0 Å². The van der Waals surface area contributed by atoms with Gasteiger partial charge in [-0.1, -0.05) is 23.7 Å². The Morgan fingerprint density at radius 1 is 1.28 bits per heavy atom. The van der Waals surface area contributed by atoms with Gasteiger partial charge in [0.25, 0.3) is 5.91 Å². The fraction of sp³-hybridized carbons (Fsp3) is 0.333. The van der Waals surface area contributed by atoms with Crippen LogP contribution in [0.3, 0.4) is 0 Å². The fourth-order valence-electron chi connectivity index (χ4n) is 4.32. The molecule has 2 heterocycles. The molecule has 0 bridgehead atoms. The molecule has 0 aliphatic carbocycles. The summed E-state index contributed by atoms with van der Waals surface area (Å²) in [5.41, 5.74) is -0.259. The van der Waals surface area contributed by atoms with Gasteiger partial charge in [-0.05, 0) is 74.1 Å². The quantitative estimate of drug-likeness (QED) is 0.343. The van der Waals surface area contributed by atoms with Crippen LogP contribution in [0, 0.1) is 16.7 Å². The summed E-state index contributed by atoms with van der Waals surface area (Å²) in [7, 11) is 2.07. The molecule has 2 N–H and O–H groups in total. The molecule has 12 heteroatoms.